The number of benzene rings is 1. The van der Waals surface area contributed by atoms with E-state index in [0.29, 0.717) is 68.9 Å². The lowest BCUT2D eigenvalue weighted by atomic mass is 9.77. The van der Waals surface area contributed by atoms with Crippen LogP contribution in [-0.4, -0.2) is 223 Å². The third kappa shape index (κ3) is 16.5. The number of pyridine rings is 1. The Labute approximate surface area is 483 Å². The summed E-state index contributed by atoms with van der Waals surface area (Å²) in [7, 11) is 7.06. The van der Waals surface area contributed by atoms with E-state index in [-0.39, 0.29) is 55.5 Å². The zero-order valence-electron chi connectivity index (χ0n) is 50.8. The minimum atomic E-state index is -1.87. The lowest BCUT2D eigenvalue weighted by molar-refractivity contribution is -0.317. The van der Waals surface area contributed by atoms with Crippen LogP contribution in [0.4, 0.5) is 10.5 Å². The van der Waals surface area contributed by atoms with Crippen molar-refractivity contribution in [3.8, 4) is 0 Å². The van der Waals surface area contributed by atoms with Gasteiger partial charge in [-0.05, 0) is 132 Å². The highest BCUT2D eigenvalue weighted by atomic mass is 16.7. The van der Waals surface area contributed by atoms with Gasteiger partial charge in [-0.25, -0.2) is 9.59 Å². The molecule has 0 bridgehead atoms. The largest absolute Gasteiger partial charge is 0.477 e. The minimum Gasteiger partial charge on any atom is -0.477 e. The molecule has 4 aliphatic rings. The maximum Gasteiger partial charge on any atom is 0.407 e. The number of hydrogen-bond acceptors (Lipinski definition) is 20. The molecule has 3 aliphatic heterocycles. The number of aromatic carboxylic acids is 1. The van der Waals surface area contributed by atoms with Crippen LogP contribution in [0.5, 0.6) is 0 Å². The Morgan fingerprint density at radius 1 is 0.902 bits per heavy atom. The van der Waals surface area contributed by atoms with E-state index in [1.807, 2.05) is 61.5 Å². The van der Waals surface area contributed by atoms with Gasteiger partial charge in [0.2, 0.25) is 5.43 Å². The monoisotopic (exact) mass is 1160 g/mol. The smallest absolute Gasteiger partial charge is 0.407 e. The molecule has 7 N–H and O–H groups in total. The Hall–Kier alpha value is -4.08. The molecule has 23 heteroatoms. The summed E-state index contributed by atoms with van der Waals surface area (Å²) in [5.41, 5.74) is -4.05. The summed E-state index contributed by atoms with van der Waals surface area (Å²) >= 11 is 0. The molecule has 2 aromatic rings. The first-order valence-corrected chi connectivity index (χ1v) is 29.4. The number of anilines is 1. The number of carbonyl (C=O) groups is 3. The highest BCUT2D eigenvalue weighted by molar-refractivity contribution is 5.93. The maximum atomic E-state index is 14.6. The summed E-state index contributed by atoms with van der Waals surface area (Å²) in [5, 5.41) is 64.1. The van der Waals surface area contributed by atoms with E-state index in [2.05, 4.69) is 10.6 Å². The third-order valence-corrected chi connectivity index (χ3v) is 17.3. The Morgan fingerprint density at radius 3 is 2.22 bits per heavy atom. The molecule has 1 saturated carbocycles. The fraction of sp³-hybridized carbons (Fsp3) is 0.797. The number of methoxy groups -OCH3 is 1. The van der Waals surface area contributed by atoms with Crippen molar-refractivity contribution < 1.29 is 82.5 Å². The van der Waals surface area contributed by atoms with Crippen LogP contribution in [0.1, 0.15) is 131 Å². The molecule has 1 aromatic heterocycles. The Kier molecular flexibility index (Phi) is 23.6. The molecular weight excluding hydrogens is 1070 g/mol. The number of rotatable bonds is 21. The molecule has 82 heavy (non-hydrogen) atoms. The van der Waals surface area contributed by atoms with Crippen LogP contribution in [0.15, 0.2) is 29.2 Å². The number of esters is 1. The highest BCUT2D eigenvalue weighted by Gasteiger charge is 2.54. The van der Waals surface area contributed by atoms with E-state index < -0.39 is 113 Å². The lowest BCUT2D eigenvalue weighted by Crippen LogP contribution is -2.61. The lowest BCUT2D eigenvalue weighted by Gasteiger charge is -2.49. The molecule has 3 saturated heterocycles. The van der Waals surface area contributed by atoms with Gasteiger partial charge in [-0.3, -0.25) is 9.59 Å². The van der Waals surface area contributed by atoms with Gasteiger partial charge in [0.1, 0.15) is 35.1 Å². The van der Waals surface area contributed by atoms with E-state index in [1.165, 1.54) is 20.2 Å². The average Bonchev–Trinajstić information content (AvgIpc) is 4.35. The van der Waals surface area contributed by atoms with Gasteiger partial charge in [0.15, 0.2) is 18.7 Å². The van der Waals surface area contributed by atoms with E-state index >= 15 is 0 Å². The van der Waals surface area contributed by atoms with Crippen LogP contribution in [0.25, 0.3) is 10.9 Å². The van der Waals surface area contributed by atoms with Gasteiger partial charge in [0.25, 0.3) is 0 Å². The molecule has 4 fully saturated rings. The number of aliphatic hydroxyl groups is 4. The van der Waals surface area contributed by atoms with E-state index in [1.54, 1.807) is 54.5 Å². The number of alkyl carbamates (subject to hydrolysis) is 1. The normalized spacial score (nSPS) is 36.5. The molecule has 0 radical (unpaired) electrons. The Balaban J connectivity index is 1.06. The third-order valence-electron chi connectivity index (χ3n) is 17.3. The molecule has 1 amide bonds. The molecule has 23 nitrogen and oxygen atoms in total. The van der Waals surface area contributed by atoms with Crippen molar-refractivity contribution in [3.05, 3.63) is 40.2 Å². The number of nitrogens with zero attached hydrogens (tertiary/aromatic N) is 3. The van der Waals surface area contributed by atoms with Crippen LogP contribution in [0.2, 0.25) is 0 Å². The van der Waals surface area contributed by atoms with Crippen LogP contribution >= 0.6 is 0 Å². The molecular formula is C59H97N5O18. The first-order chi connectivity index (χ1) is 38.5. The molecule has 1 aliphatic carbocycles. The fourth-order valence-corrected chi connectivity index (χ4v) is 12.3. The summed E-state index contributed by atoms with van der Waals surface area (Å²) in [6, 6.07) is 4.66. The SMILES string of the molecule is CC[C@H]1OC(=O)[C@H](C)[C@@H](O[C@H]2C[C@@](C)(OC)[C@@H](OC(=O)NCCCOCCOCCNc3ccc4c(c3)c(=O)c(C(=O)O)cn4C3CC3)[C@H](C)O2)[C@H](C)[C@@H](O[C@@H]2O[C@H](C)C[C@H](N(C)C)[C@H]2O)[C@](C)(O)C[C@@H](C)CN(C)[C@H](C)[C@@H](O)[C@]1(C)O. The number of carboxylic acid groups (broad SMARTS) is 1. The van der Waals surface area contributed by atoms with Crippen molar-refractivity contribution in [1.82, 2.24) is 19.7 Å². The highest BCUT2D eigenvalue weighted by Crippen LogP contribution is 2.42. The van der Waals surface area contributed by atoms with Crippen LogP contribution in [0.3, 0.4) is 0 Å². The summed E-state index contributed by atoms with van der Waals surface area (Å²) in [6.07, 6.45) is -6.08. The number of cyclic esters (lactones) is 1. The quantitative estimate of drug-likeness (QED) is 0.0668. The minimum absolute atomic E-state index is 0.0261. The Morgan fingerprint density at radius 2 is 1.59 bits per heavy atom. The summed E-state index contributed by atoms with van der Waals surface area (Å²) in [6.45, 7) is 19.9. The molecule has 0 spiro atoms. The van der Waals surface area contributed by atoms with Crippen molar-refractivity contribution >= 4 is 34.6 Å². The predicted octanol–water partition coefficient (Wildman–Crippen LogP) is 4.52. The number of carboxylic acids is 1. The van der Waals surface area contributed by atoms with Gasteiger partial charge in [0, 0.05) is 81.1 Å². The second kappa shape index (κ2) is 28.9. The molecule has 4 heterocycles. The number of nitrogens with one attached hydrogen (secondary N) is 2. The number of hydrogen-bond donors (Lipinski definition) is 7. The molecule has 1 aromatic carbocycles. The zero-order valence-corrected chi connectivity index (χ0v) is 50.8. The predicted molar refractivity (Wildman–Crippen MR) is 305 cm³/mol. The number of likely N-dealkylation sites (N-methyl/N-ethyl adjacent to an activating group) is 2. The van der Waals surface area contributed by atoms with Crippen LogP contribution < -0.4 is 16.1 Å². The van der Waals surface area contributed by atoms with E-state index in [4.69, 9.17) is 42.6 Å². The summed E-state index contributed by atoms with van der Waals surface area (Å²) < 4.78 is 58.0. The van der Waals surface area contributed by atoms with Crippen molar-refractivity contribution in [3.63, 3.8) is 0 Å². The van der Waals surface area contributed by atoms with Gasteiger partial charge in [-0.2, -0.15) is 0 Å². The second-order valence-electron chi connectivity index (χ2n) is 24.5. The van der Waals surface area contributed by atoms with Gasteiger partial charge >= 0.3 is 18.0 Å². The van der Waals surface area contributed by atoms with Crippen molar-refractivity contribution in [2.75, 3.05) is 79.6 Å². The fourth-order valence-electron chi connectivity index (χ4n) is 12.3. The average molecular weight is 1160 g/mol. The number of ether oxygens (including phenoxy) is 9. The first-order valence-electron chi connectivity index (χ1n) is 29.4. The van der Waals surface area contributed by atoms with Crippen LogP contribution in [0, 0.1) is 17.8 Å². The number of aliphatic hydroxyl groups excluding tert-OH is 2. The number of carbonyl (C=O) groups excluding carboxylic acids is 2. The number of fused-ring (bicyclic) bond motifs is 1. The standard InChI is InChI=1S/C59H97N5O18/c1-15-45-59(10,73)50(67)37(6)63(13)31-33(2)29-57(8,72)51(81-55-48(66)44(62(11)12)27-34(3)77-55)35(4)49(36(5)54(70)79-45)80-46-30-58(9,74-14)52(38(7)78-46)82-56(71)61-21-16-23-75-25-26-76-24-22-60-39-17-20-43-41(28-39)47(65)42(53(68)69)32-64(43)40-18-19-40/h17,20,28,32-38,40,44-46,48-52,55,60,66-67,72-73H,15-16,18-19,21-27,29-31H2,1-14H3,(H,61,71)(H,68,69)/t33-,34-,35+,36-,37-,38+,44+,45-,46+,48-,49+,50-,51-,52+,55+,57-,58-,59-/m1/s1. The molecule has 18 atom stereocenters. The van der Waals surface area contributed by atoms with Crippen LogP contribution in [-0.2, 0) is 47.4 Å². The van der Waals surface area contributed by atoms with Gasteiger partial charge in [-0.1, -0.05) is 20.8 Å². The molecule has 466 valence electrons. The first kappa shape index (κ1) is 67.1. The number of aromatic nitrogens is 1. The summed E-state index contributed by atoms with van der Waals surface area (Å²) in [4.78, 5) is 56.5. The maximum absolute atomic E-state index is 14.6. The Bertz CT molecular complexity index is 2480. The number of amides is 1. The molecule has 0 unspecified atom stereocenters. The van der Waals surface area contributed by atoms with E-state index in [0.717, 1.165) is 12.8 Å². The van der Waals surface area contributed by atoms with E-state index in [9.17, 15) is 44.7 Å². The molecule has 6 rings (SSSR count). The van der Waals surface area contributed by atoms with Gasteiger partial charge in [0.05, 0.1) is 61.3 Å². The van der Waals surface area contributed by atoms with Gasteiger partial charge < -0.3 is 93.2 Å². The van der Waals surface area contributed by atoms with Crippen molar-refractivity contribution in [2.45, 2.75) is 211 Å². The zero-order chi connectivity index (χ0) is 60.6. The summed E-state index contributed by atoms with van der Waals surface area (Å²) in [5.74, 6) is -4.13. The van der Waals surface area contributed by atoms with Gasteiger partial charge in [-0.15, -0.1) is 0 Å². The second-order valence-corrected chi connectivity index (χ2v) is 24.5. The van der Waals surface area contributed by atoms with Crippen molar-refractivity contribution in [2.24, 2.45) is 17.8 Å². The van der Waals surface area contributed by atoms with Crippen molar-refractivity contribution in [1.29, 1.82) is 0 Å². The topological polar surface area (TPSA) is 288 Å².